The summed E-state index contributed by atoms with van der Waals surface area (Å²) in [4.78, 5) is 2.40. The fraction of sp³-hybridized carbons (Fsp3) is 0.733. The Morgan fingerprint density at radius 2 is 2.10 bits per heavy atom. The maximum absolute atomic E-state index is 12.6. The highest BCUT2D eigenvalue weighted by molar-refractivity contribution is 7.89. The van der Waals surface area contributed by atoms with Crippen LogP contribution in [0.3, 0.4) is 0 Å². The van der Waals surface area contributed by atoms with Crippen molar-refractivity contribution in [3.8, 4) is 0 Å². The summed E-state index contributed by atoms with van der Waals surface area (Å²) in [7, 11) is -3.39. The number of rotatable bonds is 9. The Hall–Kier alpha value is -0.430. The quantitative estimate of drug-likeness (QED) is 0.732. The summed E-state index contributed by atoms with van der Waals surface area (Å²) in [6.45, 7) is 7.60. The second-order valence-corrected chi connectivity index (χ2v) is 8.84. The van der Waals surface area contributed by atoms with E-state index in [4.69, 9.17) is 0 Å². The molecule has 0 bridgehead atoms. The minimum absolute atomic E-state index is 0.0685. The number of hydrogen-bond acceptors (Lipinski definition) is 4. The van der Waals surface area contributed by atoms with E-state index in [1.165, 1.54) is 12.8 Å². The van der Waals surface area contributed by atoms with Crippen molar-refractivity contribution in [3.63, 3.8) is 0 Å². The van der Waals surface area contributed by atoms with Crippen LogP contribution in [0.5, 0.6) is 0 Å². The van der Waals surface area contributed by atoms with Crippen molar-refractivity contribution in [3.05, 3.63) is 15.8 Å². The van der Waals surface area contributed by atoms with Gasteiger partial charge in [-0.1, -0.05) is 26.7 Å². The zero-order valence-corrected chi connectivity index (χ0v) is 14.7. The standard InChI is InChI=1S/C15H26N2O2S2/c1-4-13(8-12-6-7-12)17-21(18,19)15-9-14(10-16-5-2)20-11(15)3/h9,12-13,16-17H,4-8,10H2,1-3H3. The summed E-state index contributed by atoms with van der Waals surface area (Å²) < 4.78 is 28.1. The third-order valence-corrected chi connectivity index (χ3v) is 6.72. The summed E-state index contributed by atoms with van der Waals surface area (Å²) in [5.74, 6) is 0.727. The molecule has 1 aliphatic carbocycles. The first-order chi connectivity index (χ1) is 9.96. The molecule has 1 unspecified atom stereocenters. The Labute approximate surface area is 132 Å². The smallest absolute Gasteiger partial charge is 0.241 e. The second kappa shape index (κ2) is 7.22. The topological polar surface area (TPSA) is 58.2 Å². The van der Waals surface area contributed by atoms with Gasteiger partial charge in [-0.15, -0.1) is 11.3 Å². The molecule has 120 valence electrons. The van der Waals surface area contributed by atoms with Gasteiger partial charge in [0.05, 0.1) is 4.90 Å². The van der Waals surface area contributed by atoms with Crippen molar-refractivity contribution in [1.82, 2.24) is 10.0 Å². The summed E-state index contributed by atoms with van der Waals surface area (Å²) in [6.07, 6.45) is 4.33. The molecule has 21 heavy (non-hydrogen) atoms. The molecular formula is C15H26N2O2S2. The van der Waals surface area contributed by atoms with Gasteiger partial charge in [0.1, 0.15) is 0 Å². The van der Waals surface area contributed by atoms with Crippen molar-refractivity contribution in [1.29, 1.82) is 0 Å². The Bertz CT molecular complexity index is 562. The molecule has 0 spiro atoms. The van der Waals surface area contributed by atoms with Crippen LogP contribution in [0, 0.1) is 12.8 Å². The van der Waals surface area contributed by atoms with Crippen molar-refractivity contribution in [2.75, 3.05) is 6.54 Å². The molecule has 1 aromatic heterocycles. The predicted octanol–water partition coefficient (Wildman–Crippen LogP) is 3.02. The number of aryl methyl sites for hydroxylation is 1. The summed E-state index contributed by atoms with van der Waals surface area (Å²) in [5.41, 5.74) is 0. The van der Waals surface area contributed by atoms with Gasteiger partial charge in [-0.25, -0.2) is 13.1 Å². The summed E-state index contributed by atoms with van der Waals surface area (Å²) >= 11 is 1.56. The van der Waals surface area contributed by atoms with Crippen LogP contribution >= 0.6 is 11.3 Å². The first kappa shape index (κ1) is 16.9. The lowest BCUT2D eigenvalue weighted by atomic mass is 10.1. The van der Waals surface area contributed by atoms with Gasteiger partial charge in [-0.05, 0) is 38.3 Å². The number of sulfonamides is 1. The molecule has 0 saturated heterocycles. The average molecular weight is 331 g/mol. The number of nitrogens with one attached hydrogen (secondary N) is 2. The van der Waals surface area contributed by atoms with E-state index < -0.39 is 10.0 Å². The van der Waals surface area contributed by atoms with Crippen LogP contribution < -0.4 is 10.0 Å². The molecule has 2 N–H and O–H groups in total. The van der Waals surface area contributed by atoms with Crippen molar-refractivity contribution < 1.29 is 8.42 Å². The first-order valence-electron chi connectivity index (χ1n) is 7.78. The Morgan fingerprint density at radius 3 is 2.67 bits per heavy atom. The first-order valence-corrected chi connectivity index (χ1v) is 10.1. The molecule has 2 rings (SSSR count). The Morgan fingerprint density at radius 1 is 1.38 bits per heavy atom. The molecular weight excluding hydrogens is 304 g/mol. The molecule has 1 atom stereocenters. The van der Waals surface area contributed by atoms with Crippen LogP contribution in [0.1, 0.15) is 49.3 Å². The van der Waals surface area contributed by atoms with Gasteiger partial charge in [-0.3, -0.25) is 0 Å². The van der Waals surface area contributed by atoms with E-state index >= 15 is 0 Å². The van der Waals surface area contributed by atoms with Gasteiger partial charge in [0.25, 0.3) is 0 Å². The van der Waals surface area contributed by atoms with Crippen LogP contribution in [-0.4, -0.2) is 21.0 Å². The maximum atomic E-state index is 12.6. The minimum Gasteiger partial charge on any atom is -0.312 e. The number of hydrogen-bond donors (Lipinski definition) is 2. The number of thiophene rings is 1. The van der Waals surface area contributed by atoms with Crippen LogP contribution in [0.15, 0.2) is 11.0 Å². The molecule has 6 heteroatoms. The van der Waals surface area contributed by atoms with Crippen LogP contribution in [-0.2, 0) is 16.6 Å². The fourth-order valence-corrected chi connectivity index (χ4v) is 5.40. The monoisotopic (exact) mass is 330 g/mol. The molecule has 1 aromatic rings. The molecule has 4 nitrogen and oxygen atoms in total. The molecule has 0 aliphatic heterocycles. The molecule has 0 aromatic carbocycles. The lowest BCUT2D eigenvalue weighted by Gasteiger charge is -2.16. The van der Waals surface area contributed by atoms with Gasteiger partial charge < -0.3 is 5.32 Å². The second-order valence-electron chi connectivity index (χ2n) is 5.82. The lowest BCUT2D eigenvalue weighted by Crippen LogP contribution is -2.34. The van der Waals surface area contributed by atoms with Crippen LogP contribution in [0.2, 0.25) is 0 Å². The highest BCUT2D eigenvalue weighted by Crippen LogP contribution is 2.34. The maximum Gasteiger partial charge on any atom is 0.241 e. The molecule has 1 heterocycles. The lowest BCUT2D eigenvalue weighted by molar-refractivity contribution is 0.495. The van der Waals surface area contributed by atoms with E-state index in [1.54, 1.807) is 11.3 Å². The summed E-state index contributed by atoms with van der Waals surface area (Å²) in [6, 6.07) is 1.88. The molecule has 0 radical (unpaired) electrons. The van der Waals surface area contributed by atoms with Gasteiger partial charge >= 0.3 is 0 Å². The van der Waals surface area contributed by atoms with Crippen LogP contribution in [0.4, 0.5) is 0 Å². The highest BCUT2D eigenvalue weighted by atomic mass is 32.2. The molecule has 1 aliphatic rings. The van der Waals surface area contributed by atoms with Gasteiger partial charge in [-0.2, -0.15) is 0 Å². The Balaban J connectivity index is 2.08. The third kappa shape index (κ3) is 4.77. The minimum atomic E-state index is -3.39. The van der Waals surface area contributed by atoms with Crippen molar-refractivity contribution >= 4 is 21.4 Å². The molecule has 1 fully saturated rings. The average Bonchev–Trinajstić information content (AvgIpc) is 3.16. The zero-order valence-electron chi connectivity index (χ0n) is 13.1. The molecule has 1 saturated carbocycles. The van der Waals surface area contributed by atoms with E-state index in [9.17, 15) is 8.42 Å². The fourth-order valence-electron chi connectivity index (χ4n) is 2.46. The van der Waals surface area contributed by atoms with Crippen molar-refractivity contribution in [2.45, 2.75) is 63.9 Å². The Kier molecular flexibility index (Phi) is 5.82. The van der Waals surface area contributed by atoms with Gasteiger partial charge in [0.15, 0.2) is 0 Å². The van der Waals surface area contributed by atoms with Gasteiger partial charge in [0, 0.05) is 22.3 Å². The SMILES string of the molecule is CCNCc1cc(S(=O)(=O)NC(CC)CC2CC2)c(C)s1. The normalized spacial score (nSPS) is 17.1. The van der Waals surface area contributed by atoms with E-state index in [0.29, 0.717) is 4.90 Å². The molecule has 0 amide bonds. The predicted molar refractivity (Wildman–Crippen MR) is 88.2 cm³/mol. The summed E-state index contributed by atoms with van der Waals surface area (Å²) in [5, 5.41) is 3.24. The third-order valence-electron chi connectivity index (χ3n) is 3.89. The van der Waals surface area contributed by atoms with E-state index in [-0.39, 0.29) is 6.04 Å². The van der Waals surface area contributed by atoms with Crippen molar-refractivity contribution in [2.24, 2.45) is 5.92 Å². The largest absolute Gasteiger partial charge is 0.312 e. The van der Waals surface area contributed by atoms with E-state index in [1.807, 2.05) is 26.8 Å². The highest BCUT2D eigenvalue weighted by Gasteiger charge is 2.28. The van der Waals surface area contributed by atoms with Crippen LogP contribution in [0.25, 0.3) is 0 Å². The zero-order chi connectivity index (χ0) is 15.5. The van der Waals surface area contributed by atoms with E-state index in [0.717, 1.165) is 41.6 Å². The van der Waals surface area contributed by atoms with Gasteiger partial charge in [0.2, 0.25) is 10.0 Å². The van der Waals surface area contributed by atoms with E-state index in [2.05, 4.69) is 10.0 Å².